The van der Waals surface area contributed by atoms with Gasteiger partial charge in [-0.1, -0.05) is 30.4 Å². The largest absolute Gasteiger partial charge is 0.454 e. The van der Waals surface area contributed by atoms with Crippen molar-refractivity contribution in [3.63, 3.8) is 0 Å². The first-order valence-electron chi connectivity index (χ1n) is 10.1. The minimum Gasteiger partial charge on any atom is -0.454 e. The van der Waals surface area contributed by atoms with Gasteiger partial charge in [-0.25, -0.2) is 21.2 Å². The third-order valence-corrected chi connectivity index (χ3v) is 7.63. The van der Waals surface area contributed by atoms with Gasteiger partial charge in [-0.05, 0) is 49.6 Å². The van der Waals surface area contributed by atoms with E-state index in [9.17, 15) is 12.8 Å². The van der Waals surface area contributed by atoms with Crippen LogP contribution in [0.25, 0.3) is 17.0 Å². The molecular formula is C25H20F2N2O3S2. The first-order valence-corrected chi connectivity index (χ1v) is 12.7. The third kappa shape index (κ3) is 4.12. The average Bonchev–Trinajstić information content (AvgIpc) is 3.24. The van der Waals surface area contributed by atoms with Gasteiger partial charge in [0, 0.05) is 28.8 Å². The Hall–Kier alpha value is -3.43. The lowest BCUT2D eigenvalue weighted by molar-refractivity contribution is 0.441. The zero-order valence-electron chi connectivity index (χ0n) is 18.3. The SMILES string of the molecule is C=Cc1c(Oc2ccc(F)c(C(=N)SC)c2)c(F)cc2c1ccn2S(=O)(=O)c1ccc(C)cc1. The summed E-state index contributed by atoms with van der Waals surface area (Å²) in [6.07, 6.45) is 4.37. The lowest BCUT2D eigenvalue weighted by Gasteiger charge is -2.14. The molecule has 0 unspecified atom stereocenters. The second-order valence-corrected chi connectivity index (χ2v) is 10.1. The number of halogens is 2. The van der Waals surface area contributed by atoms with E-state index in [-0.39, 0.29) is 38.1 Å². The van der Waals surface area contributed by atoms with Crippen LogP contribution in [0.15, 0.2) is 72.3 Å². The molecule has 34 heavy (non-hydrogen) atoms. The maximum Gasteiger partial charge on any atom is 0.268 e. The van der Waals surface area contributed by atoms with E-state index in [1.54, 1.807) is 24.5 Å². The fourth-order valence-corrected chi connectivity index (χ4v) is 5.26. The van der Waals surface area contributed by atoms with Crippen LogP contribution in [-0.4, -0.2) is 23.7 Å². The first kappa shape index (κ1) is 23.7. The lowest BCUT2D eigenvalue weighted by Crippen LogP contribution is -2.12. The number of rotatable bonds is 6. The average molecular weight is 499 g/mol. The van der Waals surface area contributed by atoms with E-state index in [0.29, 0.717) is 5.39 Å². The number of benzene rings is 3. The molecule has 1 aromatic heterocycles. The summed E-state index contributed by atoms with van der Waals surface area (Å²) in [6, 6.07) is 12.8. The van der Waals surface area contributed by atoms with Crippen LogP contribution in [0.3, 0.4) is 0 Å². The normalized spacial score (nSPS) is 11.5. The van der Waals surface area contributed by atoms with E-state index >= 15 is 4.39 Å². The number of thioether (sulfide) groups is 1. The fraction of sp³-hybridized carbons (Fsp3) is 0.0800. The molecule has 0 fully saturated rings. The predicted molar refractivity (Wildman–Crippen MR) is 133 cm³/mol. The van der Waals surface area contributed by atoms with Crippen LogP contribution in [-0.2, 0) is 10.0 Å². The van der Waals surface area contributed by atoms with Crippen molar-refractivity contribution < 1.29 is 21.9 Å². The van der Waals surface area contributed by atoms with Gasteiger partial charge in [-0.15, -0.1) is 11.8 Å². The monoisotopic (exact) mass is 498 g/mol. The van der Waals surface area contributed by atoms with Gasteiger partial charge in [0.25, 0.3) is 10.0 Å². The van der Waals surface area contributed by atoms with E-state index in [0.717, 1.165) is 33.4 Å². The fourth-order valence-electron chi connectivity index (χ4n) is 3.54. The van der Waals surface area contributed by atoms with Gasteiger partial charge in [-0.3, -0.25) is 5.41 Å². The highest BCUT2D eigenvalue weighted by Crippen LogP contribution is 2.37. The van der Waals surface area contributed by atoms with Crippen LogP contribution in [0, 0.1) is 24.0 Å². The molecule has 3 aromatic carbocycles. The van der Waals surface area contributed by atoms with Crippen molar-refractivity contribution in [2.75, 3.05) is 6.26 Å². The van der Waals surface area contributed by atoms with Crippen LogP contribution in [0.1, 0.15) is 16.7 Å². The molecule has 0 spiro atoms. The summed E-state index contributed by atoms with van der Waals surface area (Å²) in [5.41, 5.74) is 1.32. The summed E-state index contributed by atoms with van der Waals surface area (Å²) in [4.78, 5) is 0.0755. The molecule has 0 aliphatic carbocycles. The smallest absolute Gasteiger partial charge is 0.268 e. The number of nitrogens with zero attached hydrogens (tertiary/aromatic N) is 1. The van der Waals surface area contributed by atoms with Crippen LogP contribution in [0.2, 0.25) is 0 Å². The maximum absolute atomic E-state index is 15.3. The van der Waals surface area contributed by atoms with Gasteiger partial charge >= 0.3 is 0 Å². The second kappa shape index (κ2) is 9.08. The van der Waals surface area contributed by atoms with Crippen molar-refractivity contribution in [1.29, 1.82) is 5.41 Å². The number of nitrogens with one attached hydrogen (secondary N) is 1. The van der Waals surface area contributed by atoms with E-state index in [2.05, 4.69) is 6.58 Å². The molecule has 0 aliphatic heterocycles. The highest BCUT2D eigenvalue weighted by molar-refractivity contribution is 8.13. The molecule has 174 valence electrons. The Morgan fingerprint density at radius 1 is 1.09 bits per heavy atom. The topological polar surface area (TPSA) is 72.2 Å². The molecule has 1 heterocycles. The Balaban J connectivity index is 1.83. The van der Waals surface area contributed by atoms with Gasteiger partial charge in [0.15, 0.2) is 11.6 Å². The Labute approximate surface area is 200 Å². The summed E-state index contributed by atoms with van der Waals surface area (Å²) in [5.74, 6) is -1.46. The summed E-state index contributed by atoms with van der Waals surface area (Å²) in [7, 11) is -3.97. The highest BCUT2D eigenvalue weighted by Gasteiger charge is 2.23. The molecule has 4 rings (SSSR count). The first-order chi connectivity index (χ1) is 16.2. The van der Waals surface area contributed by atoms with Crippen molar-refractivity contribution >= 4 is 43.8 Å². The lowest BCUT2D eigenvalue weighted by atomic mass is 10.1. The van der Waals surface area contributed by atoms with Crippen molar-refractivity contribution in [1.82, 2.24) is 3.97 Å². The zero-order valence-corrected chi connectivity index (χ0v) is 19.9. The van der Waals surface area contributed by atoms with Gasteiger partial charge in [-0.2, -0.15) is 0 Å². The van der Waals surface area contributed by atoms with Gasteiger partial charge in [0.05, 0.1) is 15.5 Å². The molecule has 0 saturated carbocycles. The van der Waals surface area contributed by atoms with Crippen LogP contribution < -0.4 is 4.74 Å². The Morgan fingerprint density at radius 2 is 1.79 bits per heavy atom. The Bertz CT molecular complexity index is 1540. The second-order valence-electron chi connectivity index (χ2n) is 7.44. The molecule has 0 radical (unpaired) electrons. The third-order valence-electron chi connectivity index (χ3n) is 5.29. The number of hydrogen-bond donors (Lipinski definition) is 1. The molecule has 0 atom stereocenters. The summed E-state index contributed by atoms with van der Waals surface area (Å²) in [5, 5.41) is 8.30. The number of aryl methyl sites for hydroxylation is 1. The number of fused-ring (bicyclic) bond motifs is 1. The van der Waals surface area contributed by atoms with Gasteiger partial charge < -0.3 is 4.74 Å². The van der Waals surface area contributed by atoms with E-state index in [4.69, 9.17) is 10.1 Å². The highest BCUT2D eigenvalue weighted by atomic mass is 32.2. The maximum atomic E-state index is 15.3. The Morgan fingerprint density at radius 3 is 2.44 bits per heavy atom. The van der Waals surface area contributed by atoms with E-state index in [1.807, 2.05) is 6.92 Å². The molecule has 0 bridgehead atoms. The zero-order chi connectivity index (χ0) is 24.6. The van der Waals surface area contributed by atoms with E-state index in [1.165, 1.54) is 36.5 Å². The predicted octanol–water partition coefficient (Wildman–Crippen LogP) is 6.59. The molecular weight excluding hydrogens is 478 g/mol. The summed E-state index contributed by atoms with van der Waals surface area (Å²) in [6.45, 7) is 5.58. The van der Waals surface area contributed by atoms with Crippen molar-refractivity contribution in [2.24, 2.45) is 0 Å². The molecule has 1 N–H and O–H groups in total. The number of aromatic nitrogens is 1. The summed E-state index contributed by atoms with van der Waals surface area (Å²) >= 11 is 1.06. The van der Waals surface area contributed by atoms with Crippen molar-refractivity contribution in [3.05, 3.63) is 95.7 Å². The summed E-state index contributed by atoms with van der Waals surface area (Å²) < 4.78 is 62.5. The molecule has 0 amide bonds. The standard InChI is InChI=1S/C25H20F2N2O3S2/c1-4-18-19-11-12-29(34(30,31)17-8-5-15(2)6-9-17)23(19)14-22(27)24(18)32-16-7-10-21(26)20(13-16)25(28)33-3/h4-14,28H,1H2,2-3H3. The molecule has 0 aliphatic rings. The molecule has 5 nitrogen and oxygen atoms in total. The van der Waals surface area contributed by atoms with Crippen LogP contribution in [0.5, 0.6) is 11.5 Å². The van der Waals surface area contributed by atoms with Crippen molar-refractivity contribution in [2.45, 2.75) is 11.8 Å². The van der Waals surface area contributed by atoms with Gasteiger partial charge in [0.1, 0.15) is 11.6 Å². The minimum absolute atomic E-state index is 0.00112. The molecule has 4 aromatic rings. The number of hydrogen-bond acceptors (Lipinski definition) is 5. The molecule has 9 heteroatoms. The quantitative estimate of drug-likeness (QED) is 0.240. The number of ether oxygens (including phenoxy) is 1. The Kier molecular flexibility index (Phi) is 6.33. The van der Waals surface area contributed by atoms with Crippen LogP contribution >= 0.6 is 11.8 Å². The van der Waals surface area contributed by atoms with E-state index < -0.39 is 21.7 Å². The van der Waals surface area contributed by atoms with Gasteiger partial charge in [0.2, 0.25) is 0 Å². The minimum atomic E-state index is -3.97. The molecule has 0 saturated heterocycles. The van der Waals surface area contributed by atoms with Crippen molar-refractivity contribution in [3.8, 4) is 11.5 Å². The van der Waals surface area contributed by atoms with Crippen LogP contribution in [0.4, 0.5) is 8.78 Å².